The van der Waals surface area contributed by atoms with Gasteiger partial charge in [0.2, 0.25) is 0 Å². The van der Waals surface area contributed by atoms with Crippen molar-refractivity contribution < 1.29 is 4.74 Å². The van der Waals surface area contributed by atoms with Gasteiger partial charge in [-0.25, -0.2) is 0 Å². The van der Waals surface area contributed by atoms with Crippen LogP contribution in [-0.4, -0.2) is 31.7 Å². The molecule has 188 valence electrons. The van der Waals surface area contributed by atoms with Crippen LogP contribution in [0.5, 0.6) is 0 Å². The normalized spacial score (nSPS) is 21.9. The molecule has 2 aliphatic carbocycles. The van der Waals surface area contributed by atoms with Crippen molar-refractivity contribution in [1.82, 2.24) is 0 Å². The molecule has 0 radical (unpaired) electrons. The predicted molar refractivity (Wildman–Crippen MR) is 146 cm³/mol. The van der Waals surface area contributed by atoms with Crippen molar-refractivity contribution in [2.75, 3.05) is 31.7 Å². The summed E-state index contributed by atoms with van der Waals surface area (Å²) in [7, 11) is 0.316. The molecule has 0 aromatic rings. The summed E-state index contributed by atoms with van der Waals surface area (Å²) in [5.74, 6) is 2.56. The number of unbranched alkanes of at least 4 members (excludes halogenated alkanes) is 13. The van der Waals surface area contributed by atoms with Crippen LogP contribution in [0.25, 0.3) is 0 Å². The van der Waals surface area contributed by atoms with Crippen molar-refractivity contribution in [2.45, 2.75) is 129 Å². The van der Waals surface area contributed by atoms with Gasteiger partial charge in [0.25, 0.3) is 0 Å². The fourth-order valence-electron chi connectivity index (χ4n) is 5.78. The van der Waals surface area contributed by atoms with Crippen molar-refractivity contribution in [2.24, 2.45) is 17.8 Å². The molecule has 32 heavy (non-hydrogen) atoms. The number of ether oxygens (including phenoxy) is 1. The Bertz CT molecular complexity index is 432. The van der Waals surface area contributed by atoms with Crippen LogP contribution in [0, 0.1) is 17.8 Å². The Morgan fingerprint density at radius 2 is 1.16 bits per heavy atom. The molecule has 1 nitrogen and oxygen atoms in total. The highest BCUT2D eigenvalue weighted by molar-refractivity contribution is 7.57. The molecule has 3 atom stereocenters. The molecule has 0 saturated heterocycles. The van der Waals surface area contributed by atoms with E-state index in [1.54, 1.807) is 18.5 Å². The van der Waals surface area contributed by atoms with Crippen LogP contribution in [-0.2, 0) is 4.74 Å². The predicted octanol–water partition coefficient (Wildman–Crippen LogP) is 9.98. The third-order valence-electron chi connectivity index (χ3n) is 7.92. The first-order valence-electron chi connectivity index (χ1n) is 14.8. The smallest absolute Gasteiger partial charge is 0.0500 e. The van der Waals surface area contributed by atoms with Gasteiger partial charge in [-0.1, -0.05) is 103 Å². The quantitative estimate of drug-likeness (QED) is 0.0830. The van der Waals surface area contributed by atoms with Gasteiger partial charge < -0.3 is 4.74 Å². The molecule has 0 amide bonds. The molecule has 2 aliphatic rings. The minimum absolute atomic E-state index is 0.316. The Balaban J connectivity index is 1.46. The number of rotatable bonds is 23. The summed E-state index contributed by atoms with van der Waals surface area (Å²) in [6.45, 7) is 6.67. The van der Waals surface area contributed by atoms with Crippen LogP contribution in [0.3, 0.4) is 0 Å². The minimum atomic E-state index is 0.316. The molecule has 0 heterocycles. The summed E-state index contributed by atoms with van der Waals surface area (Å²) in [6.07, 6.45) is 35.5. The summed E-state index contributed by atoms with van der Waals surface area (Å²) in [4.78, 5) is 0. The summed E-state index contributed by atoms with van der Waals surface area (Å²) in [5.41, 5.74) is 0. The molecule has 1 fully saturated rings. The summed E-state index contributed by atoms with van der Waals surface area (Å²) in [6, 6.07) is 0. The van der Waals surface area contributed by atoms with Gasteiger partial charge in [0.15, 0.2) is 0 Å². The molecule has 0 aromatic carbocycles. The van der Waals surface area contributed by atoms with Gasteiger partial charge in [0.05, 0.1) is 0 Å². The molecule has 1 saturated carbocycles. The molecule has 2 heteroatoms. The maximum Gasteiger partial charge on any atom is 0.0500 e. The van der Waals surface area contributed by atoms with E-state index in [9.17, 15) is 0 Å². The lowest BCUT2D eigenvalue weighted by Crippen LogP contribution is -2.14. The highest BCUT2D eigenvalue weighted by Crippen LogP contribution is 2.43. The average Bonchev–Trinajstić information content (AvgIpc) is 3.43. The second kappa shape index (κ2) is 19.4. The van der Waals surface area contributed by atoms with Crippen molar-refractivity contribution in [3.05, 3.63) is 12.2 Å². The second-order valence-electron chi connectivity index (χ2n) is 10.9. The summed E-state index contributed by atoms with van der Waals surface area (Å²) in [5, 5.41) is 0. The maximum atomic E-state index is 6.05. The first kappa shape index (κ1) is 28.4. The topological polar surface area (TPSA) is 9.23 Å². The first-order valence-corrected chi connectivity index (χ1v) is 16.7. The fraction of sp³-hybridized carbons (Fsp3) is 0.933. The highest BCUT2D eigenvalue weighted by atomic mass is 31.1. The van der Waals surface area contributed by atoms with E-state index in [2.05, 4.69) is 26.0 Å². The molecule has 0 aliphatic heterocycles. The average molecular weight is 465 g/mol. The van der Waals surface area contributed by atoms with Crippen LogP contribution < -0.4 is 0 Å². The maximum absolute atomic E-state index is 6.05. The number of allylic oxidation sites excluding steroid dienone is 2. The zero-order valence-corrected chi connectivity index (χ0v) is 22.9. The largest absolute Gasteiger partial charge is 0.381 e. The van der Waals surface area contributed by atoms with Crippen molar-refractivity contribution >= 4 is 7.92 Å². The molecular formula is C30H57OP. The van der Waals surface area contributed by atoms with Crippen LogP contribution >= 0.6 is 7.92 Å². The van der Waals surface area contributed by atoms with Gasteiger partial charge in [0, 0.05) is 13.2 Å². The van der Waals surface area contributed by atoms with Gasteiger partial charge in [-0.05, 0) is 74.8 Å². The molecule has 0 spiro atoms. The SMILES string of the molecule is CCCCCCCCP(CCCCCCCC)CCCCCCOCC1CC2C=CC1C2. The Morgan fingerprint density at radius 3 is 1.66 bits per heavy atom. The zero-order chi connectivity index (χ0) is 22.7. The van der Waals surface area contributed by atoms with E-state index in [0.717, 1.165) is 31.0 Å². The van der Waals surface area contributed by atoms with Crippen molar-refractivity contribution in [3.8, 4) is 0 Å². The molecular weight excluding hydrogens is 407 g/mol. The Labute approximate surface area is 203 Å². The van der Waals surface area contributed by atoms with Crippen LogP contribution in [0.1, 0.15) is 129 Å². The van der Waals surface area contributed by atoms with E-state index >= 15 is 0 Å². The number of fused-ring (bicyclic) bond motifs is 2. The van der Waals surface area contributed by atoms with Crippen LogP contribution in [0.15, 0.2) is 12.2 Å². The third-order valence-corrected chi connectivity index (χ3v) is 10.8. The van der Waals surface area contributed by atoms with E-state index in [1.807, 2.05) is 0 Å². The Kier molecular flexibility index (Phi) is 17.2. The Hall–Kier alpha value is 0.130. The monoisotopic (exact) mass is 464 g/mol. The fourth-order valence-corrected chi connectivity index (χ4v) is 8.46. The Morgan fingerprint density at radius 1 is 0.625 bits per heavy atom. The second-order valence-corrected chi connectivity index (χ2v) is 13.6. The van der Waals surface area contributed by atoms with Crippen LogP contribution in [0.4, 0.5) is 0 Å². The first-order chi connectivity index (χ1) is 15.8. The zero-order valence-electron chi connectivity index (χ0n) is 22.0. The summed E-state index contributed by atoms with van der Waals surface area (Å²) >= 11 is 0. The van der Waals surface area contributed by atoms with E-state index in [1.165, 1.54) is 116 Å². The lowest BCUT2D eigenvalue weighted by molar-refractivity contribution is 0.0877. The highest BCUT2D eigenvalue weighted by Gasteiger charge is 2.35. The minimum Gasteiger partial charge on any atom is -0.381 e. The van der Waals surface area contributed by atoms with Gasteiger partial charge in [-0.15, -0.1) is 7.92 Å². The number of hydrogen-bond acceptors (Lipinski definition) is 1. The lowest BCUT2D eigenvalue weighted by atomic mass is 9.95. The van der Waals surface area contributed by atoms with Gasteiger partial charge >= 0.3 is 0 Å². The molecule has 2 rings (SSSR count). The van der Waals surface area contributed by atoms with E-state index in [0.29, 0.717) is 7.92 Å². The lowest BCUT2D eigenvalue weighted by Gasteiger charge is -2.18. The third kappa shape index (κ3) is 13.1. The van der Waals surface area contributed by atoms with E-state index < -0.39 is 0 Å². The van der Waals surface area contributed by atoms with Crippen LogP contribution in [0.2, 0.25) is 0 Å². The summed E-state index contributed by atoms with van der Waals surface area (Å²) < 4.78 is 6.05. The molecule has 0 aromatic heterocycles. The van der Waals surface area contributed by atoms with Crippen molar-refractivity contribution in [3.63, 3.8) is 0 Å². The molecule has 3 unspecified atom stereocenters. The van der Waals surface area contributed by atoms with E-state index in [4.69, 9.17) is 4.74 Å². The number of hydrogen-bond donors (Lipinski definition) is 0. The van der Waals surface area contributed by atoms with Gasteiger partial charge in [-0.3, -0.25) is 0 Å². The molecule has 0 N–H and O–H groups in total. The standard InChI is InChI=1S/C30H57OP/c1-3-5-7-9-12-16-22-32(23-17-13-10-8-6-4-2)24-18-14-11-15-21-31-27-30-26-28-19-20-29(30)25-28/h19-20,28-30H,3-18,21-27H2,1-2H3. The van der Waals surface area contributed by atoms with E-state index in [-0.39, 0.29) is 0 Å². The molecule has 2 bridgehead atoms. The van der Waals surface area contributed by atoms with Gasteiger partial charge in [0.1, 0.15) is 0 Å². The van der Waals surface area contributed by atoms with Crippen molar-refractivity contribution in [1.29, 1.82) is 0 Å². The van der Waals surface area contributed by atoms with Gasteiger partial charge in [-0.2, -0.15) is 0 Å².